The topological polar surface area (TPSA) is 64.4 Å². The highest BCUT2D eigenvalue weighted by atomic mass is 35.5. The Labute approximate surface area is 115 Å². The standard InChI is InChI=1S/C13H24N2O2.ClH/c14-13(6-2-1-3-7-13)12(16)15-8-9-17-10-11-4-5-11;/h11H,1-10,14H2,(H,15,16);1H. The highest BCUT2D eigenvalue weighted by Gasteiger charge is 2.34. The van der Waals surface area contributed by atoms with Crippen LogP contribution in [0.4, 0.5) is 0 Å². The molecule has 0 atom stereocenters. The Morgan fingerprint density at radius 1 is 1.28 bits per heavy atom. The van der Waals surface area contributed by atoms with Gasteiger partial charge in [-0.3, -0.25) is 4.79 Å². The summed E-state index contributed by atoms with van der Waals surface area (Å²) in [5.74, 6) is 0.789. The molecular formula is C13H25ClN2O2. The van der Waals surface area contributed by atoms with Crippen LogP contribution in [0.25, 0.3) is 0 Å². The zero-order chi connectivity index (χ0) is 12.1. The summed E-state index contributed by atoms with van der Waals surface area (Å²) in [6.45, 7) is 2.05. The number of hydrogen-bond donors (Lipinski definition) is 2. The van der Waals surface area contributed by atoms with Gasteiger partial charge in [0, 0.05) is 13.2 Å². The molecule has 0 radical (unpaired) electrons. The number of nitrogens with two attached hydrogens (primary N) is 1. The number of ether oxygens (including phenoxy) is 1. The van der Waals surface area contributed by atoms with Crippen molar-refractivity contribution in [3.8, 4) is 0 Å². The van der Waals surface area contributed by atoms with Crippen LogP contribution in [-0.4, -0.2) is 31.2 Å². The lowest BCUT2D eigenvalue weighted by Crippen LogP contribution is -2.55. The minimum absolute atomic E-state index is 0. The Kier molecular flexibility index (Phi) is 6.39. The van der Waals surface area contributed by atoms with E-state index < -0.39 is 5.54 Å². The van der Waals surface area contributed by atoms with Crippen LogP contribution in [0.2, 0.25) is 0 Å². The first-order valence-electron chi connectivity index (χ1n) is 6.86. The average molecular weight is 277 g/mol. The summed E-state index contributed by atoms with van der Waals surface area (Å²) in [7, 11) is 0. The minimum atomic E-state index is -0.616. The van der Waals surface area contributed by atoms with Gasteiger partial charge in [0.15, 0.2) is 0 Å². The molecule has 0 aliphatic heterocycles. The third-order valence-corrected chi connectivity index (χ3v) is 3.78. The van der Waals surface area contributed by atoms with E-state index in [4.69, 9.17) is 10.5 Å². The second-order valence-corrected chi connectivity index (χ2v) is 5.49. The second kappa shape index (κ2) is 7.31. The van der Waals surface area contributed by atoms with E-state index in [0.717, 1.165) is 38.2 Å². The maximum atomic E-state index is 11.9. The normalized spacial score (nSPS) is 22.1. The molecule has 5 heteroatoms. The Hall–Kier alpha value is -0.320. The van der Waals surface area contributed by atoms with E-state index in [1.165, 1.54) is 19.3 Å². The van der Waals surface area contributed by atoms with E-state index in [0.29, 0.717) is 13.2 Å². The molecule has 0 bridgehead atoms. The monoisotopic (exact) mass is 276 g/mol. The molecule has 4 nitrogen and oxygen atoms in total. The SMILES string of the molecule is Cl.NC1(C(=O)NCCOCC2CC2)CCCCC1. The highest BCUT2D eigenvalue weighted by molar-refractivity contribution is 5.86. The smallest absolute Gasteiger partial charge is 0.240 e. The van der Waals surface area contributed by atoms with Gasteiger partial charge < -0.3 is 15.8 Å². The van der Waals surface area contributed by atoms with Crippen molar-refractivity contribution < 1.29 is 9.53 Å². The van der Waals surface area contributed by atoms with Crippen molar-refractivity contribution in [1.82, 2.24) is 5.32 Å². The molecule has 0 heterocycles. The molecule has 2 aliphatic rings. The van der Waals surface area contributed by atoms with Gasteiger partial charge >= 0.3 is 0 Å². The van der Waals surface area contributed by atoms with Gasteiger partial charge in [-0.2, -0.15) is 0 Å². The van der Waals surface area contributed by atoms with Crippen LogP contribution < -0.4 is 11.1 Å². The summed E-state index contributed by atoms with van der Waals surface area (Å²) >= 11 is 0. The van der Waals surface area contributed by atoms with E-state index >= 15 is 0 Å². The number of nitrogens with one attached hydrogen (secondary N) is 1. The molecule has 2 rings (SSSR count). The highest BCUT2D eigenvalue weighted by Crippen LogP contribution is 2.28. The summed E-state index contributed by atoms with van der Waals surface area (Å²) in [5, 5.41) is 2.90. The lowest BCUT2D eigenvalue weighted by atomic mass is 9.82. The molecule has 18 heavy (non-hydrogen) atoms. The molecule has 106 valence electrons. The lowest BCUT2D eigenvalue weighted by Gasteiger charge is -2.31. The Morgan fingerprint density at radius 2 is 1.94 bits per heavy atom. The fourth-order valence-corrected chi connectivity index (χ4v) is 2.36. The minimum Gasteiger partial charge on any atom is -0.379 e. The lowest BCUT2D eigenvalue weighted by molar-refractivity contribution is -0.127. The van der Waals surface area contributed by atoms with Gasteiger partial charge in [-0.25, -0.2) is 0 Å². The second-order valence-electron chi connectivity index (χ2n) is 5.49. The fraction of sp³-hybridized carbons (Fsp3) is 0.923. The van der Waals surface area contributed by atoms with Gasteiger partial charge in [-0.05, 0) is 31.6 Å². The van der Waals surface area contributed by atoms with Crippen LogP contribution in [0.1, 0.15) is 44.9 Å². The molecule has 2 fully saturated rings. The van der Waals surface area contributed by atoms with Crippen molar-refractivity contribution in [2.75, 3.05) is 19.8 Å². The number of hydrogen-bond acceptors (Lipinski definition) is 3. The van der Waals surface area contributed by atoms with E-state index in [2.05, 4.69) is 5.32 Å². The number of rotatable bonds is 6. The third kappa shape index (κ3) is 4.75. The molecule has 0 spiro atoms. The molecular weight excluding hydrogens is 252 g/mol. The van der Waals surface area contributed by atoms with E-state index in [9.17, 15) is 4.79 Å². The summed E-state index contributed by atoms with van der Waals surface area (Å²) in [4.78, 5) is 11.9. The maximum Gasteiger partial charge on any atom is 0.240 e. The third-order valence-electron chi connectivity index (χ3n) is 3.78. The molecule has 2 aliphatic carbocycles. The molecule has 0 aromatic rings. The van der Waals surface area contributed by atoms with Crippen molar-refractivity contribution >= 4 is 18.3 Å². The first-order chi connectivity index (χ1) is 8.21. The molecule has 1 amide bonds. The fourth-order valence-electron chi connectivity index (χ4n) is 2.36. The molecule has 2 saturated carbocycles. The molecule has 0 aromatic heterocycles. The summed E-state index contributed by atoms with van der Waals surface area (Å²) in [6.07, 6.45) is 7.60. The molecule has 0 unspecified atom stereocenters. The maximum absolute atomic E-state index is 11.9. The Morgan fingerprint density at radius 3 is 2.56 bits per heavy atom. The average Bonchev–Trinajstić information content (AvgIpc) is 3.13. The zero-order valence-corrected chi connectivity index (χ0v) is 11.8. The van der Waals surface area contributed by atoms with Gasteiger partial charge in [0.25, 0.3) is 0 Å². The van der Waals surface area contributed by atoms with Crippen molar-refractivity contribution in [2.24, 2.45) is 11.7 Å². The van der Waals surface area contributed by atoms with E-state index in [1.54, 1.807) is 0 Å². The van der Waals surface area contributed by atoms with Crippen molar-refractivity contribution in [1.29, 1.82) is 0 Å². The van der Waals surface area contributed by atoms with Gasteiger partial charge in [0.1, 0.15) is 0 Å². The van der Waals surface area contributed by atoms with Crippen LogP contribution >= 0.6 is 12.4 Å². The summed E-state index contributed by atoms with van der Waals surface area (Å²) < 4.78 is 5.47. The van der Waals surface area contributed by atoms with Crippen molar-refractivity contribution in [3.05, 3.63) is 0 Å². The Balaban J connectivity index is 0.00000162. The van der Waals surface area contributed by atoms with Crippen molar-refractivity contribution in [2.45, 2.75) is 50.5 Å². The summed E-state index contributed by atoms with van der Waals surface area (Å²) in [6, 6.07) is 0. The van der Waals surface area contributed by atoms with Gasteiger partial charge in [0.2, 0.25) is 5.91 Å². The van der Waals surface area contributed by atoms with Gasteiger partial charge in [-0.15, -0.1) is 12.4 Å². The number of carbonyl (C=O) groups excluding carboxylic acids is 1. The Bertz CT molecular complexity index is 264. The first kappa shape index (κ1) is 15.7. The number of amides is 1. The van der Waals surface area contributed by atoms with Crippen LogP contribution in [0.3, 0.4) is 0 Å². The van der Waals surface area contributed by atoms with Gasteiger partial charge in [-0.1, -0.05) is 19.3 Å². The van der Waals surface area contributed by atoms with Crippen LogP contribution in [-0.2, 0) is 9.53 Å². The van der Waals surface area contributed by atoms with Crippen LogP contribution in [0.15, 0.2) is 0 Å². The number of carbonyl (C=O) groups is 1. The quantitative estimate of drug-likeness (QED) is 0.725. The first-order valence-corrected chi connectivity index (χ1v) is 6.86. The van der Waals surface area contributed by atoms with E-state index in [-0.39, 0.29) is 18.3 Å². The molecule has 3 N–H and O–H groups in total. The predicted molar refractivity (Wildman–Crippen MR) is 73.8 cm³/mol. The number of halogens is 1. The largest absolute Gasteiger partial charge is 0.379 e. The molecule has 0 saturated heterocycles. The van der Waals surface area contributed by atoms with Gasteiger partial charge in [0.05, 0.1) is 12.1 Å². The zero-order valence-electron chi connectivity index (χ0n) is 11.0. The van der Waals surface area contributed by atoms with Crippen LogP contribution in [0.5, 0.6) is 0 Å². The predicted octanol–water partition coefficient (Wildman–Crippen LogP) is 1.61. The summed E-state index contributed by atoms with van der Waals surface area (Å²) in [5.41, 5.74) is 5.51. The van der Waals surface area contributed by atoms with E-state index in [1.807, 2.05) is 0 Å². The molecule has 0 aromatic carbocycles. The van der Waals surface area contributed by atoms with Crippen LogP contribution in [0, 0.1) is 5.92 Å². The van der Waals surface area contributed by atoms with Crippen molar-refractivity contribution in [3.63, 3.8) is 0 Å².